The smallest absolute Gasteiger partial charge is 0.245 e. The van der Waals surface area contributed by atoms with E-state index in [0.717, 1.165) is 31.6 Å². The second-order valence-corrected chi connectivity index (χ2v) is 5.19. The van der Waals surface area contributed by atoms with Gasteiger partial charge in [0.15, 0.2) is 0 Å². The Morgan fingerprint density at radius 3 is 2.74 bits per heavy atom. The van der Waals surface area contributed by atoms with Crippen molar-refractivity contribution in [2.45, 2.75) is 25.8 Å². The molecular weight excluding hydrogens is 238 g/mol. The van der Waals surface area contributed by atoms with E-state index < -0.39 is 0 Å². The number of hydrogen-bond donors (Lipinski definition) is 1. The largest absolute Gasteiger partial charge is 0.359 e. The molecule has 1 fully saturated rings. The molecule has 1 aromatic rings. The quantitative estimate of drug-likeness (QED) is 0.871. The Balaban J connectivity index is 2.26. The van der Waals surface area contributed by atoms with Crippen molar-refractivity contribution < 1.29 is 4.79 Å². The molecule has 0 aliphatic carbocycles. The van der Waals surface area contributed by atoms with Crippen molar-refractivity contribution in [2.24, 2.45) is 5.73 Å². The van der Waals surface area contributed by atoms with Crippen LogP contribution >= 0.6 is 0 Å². The zero-order valence-corrected chi connectivity index (χ0v) is 11.8. The SMILES string of the molecule is Cc1ccccc1N(CCCN)C1CCN(C)C1=O. The molecule has 4 nitrogen and oxygen atoms in total. The number of nitrogens with zero attached hydrogens (tertiary/aromatic N) is 2. The molecule has 2 N–H and O–H groups in total. The molecule has 0 saturated carbocycles. The maximum Gasteiger partial charge on any atom is 0.245 e. The lowest BCUT2D eigenvalue weighted by molar-refractivity contribution is -0.127. The zero-order valence-electron chi connectivity index (χ0n) is 11.8. The Hall–Kier alpha value is -1.55. The van der Waals surface area contributed by atoms with E-state index in [1.165, 1.54) is 5.56 Å². The van der Waals surface area contributed by atoms with Crippen LogP contribution in [0.5, 0.6) is 0 Å². The molecule has 0 spiro atoms. The lowest BCUT2D eigenvalue weighted by atomic mass is 10.1. The molecule has 2 rings (SSSR count). The van der Waals surface area contributed by atoms with E-state index in [9.17, 15) is 4.79 Å². The van der Waals surface area contributed by atoms with Crippen LogP contribution in [-0.4, -0.2) is 43.5 Å². The first kappa shape index (κ1) is 13.9. The van der Waals surface area contributed by atoms with Crippen LogP contribution < -0.4 is 10.6 Å². The number of carbonyl (C=O) groups excluding carboxylic acids is 1. The van der Waals surface area contributed by atoms with Crippen LogP contribution in [-0.2, 0) is 4.79 Å². The Morgan fingerprint density at radius 1 is 1.42 bits per heavy atom. The third kappa shape index (κ3) is 2.89. The molecule has 19 heavy (non-hydrogen) atoms. The first-order valence-electron chi connectivity index (χ1n) is 6.92. The first-order valence-corrected chi connectivity index (χ1v) is 6.92. The number of anilines is 1. The third-order valence-corrected chi connectivity index (χ3v) is 3.80. The molecule has 0 radical (unpaired) electrons. The Kier molecular flexibility index (Phi) is 4.43. The van der Waals surface area contributed by atoms with Gasteiger partial charge in [-0.3, -0.25) is 4.79 Å². The molecule has 1 unspecified atom stereocenters. The minimum Gasteiger partial charge on any atom is -0.359 e. The second kappa shape index (κ2) is 6.06. The minimum atomic E-state index is -0.0300. The molecule has 0 aromatic heterocycles. The minimum absolute atomic E-state index is 0.0300. The van der Waals surface area contributed by atoms with E-state index in [1.807, 2.05) is 24.1 Å². The van der Waals surface area contributed by atoms with Crippen LogP contribution in [0.3, 0.4) is 0 Å². The van der Waals surface area contributed by atoms with Crippen LogP contribution in [0.4, 0.5) is 5.69 Å². The molecule has 1 atom stereocenters. The summed E-state index contributed by atoms with van der Waals surface area (Å²) in [6.45, 7) is 4.42. The summed E-state index contributed by atoms with van der Waals surface area (Å²) < 4.78 is 0. The number of aryl methyl sites for hydroxylation is 1. The lowest BCUT2D eigenvalue weighted by Gasteiger charge is -2.31. The molecule has 4 heteroatoms. The van der Waals surface area contributed by atoms with Gasteiger partial charge in [0.25, 0.3) is 0 Å². The van der Waals surface area contributed by atoms with E-state index in [0.29, 0.717) is 6.54 Å². The van der Waals surface area contributed by atoms with E-state index in [-0.39, 0.29) is 11.9 Å². The van der Waals surface area contributed by atoms with Crippen LogP contribution in [0.1, 0.15) is 18.4 Å². The summed E-state index contributed by atoms with van der Waals surface area (Å²) >= 11 is 0. The number of amides is 1. The maximum atomic E-state index is 12.2. The highest BCUT2D eigenvalue weighted by atomic mass is 16.2. The van der Waals surface area contributed by atoms with Gasteiger partial charge in [0.05, 0.1) is 0 Å². The number of para-hydroxylation sites is 1. The van der Waals surface area contributed by atoms with Gasteiger partial charge in [0.1, 0.15) is 6.04 Å². The van der Waals surface area contributed by atoms with Gasteiger partial charge >= 0.3 is 0 Å². The monoisotopic (exact) mass is 261 g/mol. The number of hydrogen-bond acceptors (Lipinski definition) is 3. The number of benzene rings is 1. The van der Waals surface area contributed by atoms with Gasteiger partial charge in [0, 0.05) is 25.8 Å². The first-order chi connectivity index (χ1) is 9.15. The van der Waals surface area contributed by atoms with Crippen molar-refractivity contribution in [1.82, 2.24) is 4.90 Å². The molecular formula is C15H23N3O. The molecule has 1 aliphatic rings. The summed E-state index contributed by atoms with van der Waals surface area (Å²) in [7, 11) is 1.88. The van der Waals surface area contributed by atoms with Gasteiger partial charge in [-0.15, -0.1) is 0 Å². The van der Waals surface area contributed by atoms with Crippen molar-refractivity contribution in [2.75, 3.05) is 31.6 Å². The third-order valence-electron chi connectivity index (χ3n) is 3.80. The van der Waals surface area contributed by atoms with Gasteiger partial charge < -0.3 is 15.5 Å². The van der Waals surface area contributed by atoms with Crippen molar-refractivity contribution in [3.8, 4) is 0 Å². The van der Waals surface area contributed by atoms with Gasteiger partial charge in [-0.1, -0.05) is 18.2 Å². The number of likely N-dealkylation sites (tertiary alicyclic amines) is 1. The summed E-state index contributed by atoms with van der Waals surface area (Å²) in [6, 6.07) is 8.21. The average Bonchev–Trinajstić information content (AvgIpc) is 2.73. The van der Waals surface area contributed by atoms with Gasteiger partial charge in [-0.05, 0) is 37.9 Å². The predicted molar refractivity (Wildman–Crippen MR) is 78.2 cm³/mol. The van der Waals surface area contributed by atoms with Crippen LogP contribution in [0.2, 0.25) is 0 Å². The van der Waals surface area contributed by atoms with Crippen molar-refractivity contribution in [3.05, 3.63) is 29.8 Å². The average molecular weight is 261 g/mol. The Labute approximate surface area is 115 Å². The molecule has 1 saturated heterocycles. The molecule has 1 aliphatic heterocycles. The molecule has 1 amide bonds. The zero-order chi connectivity index (χ0) is 13.8. The molecule has 1 aromatic carbocycles. The number of carbonyl (C=O) groups is 1. The van der Waals surface area contributed by atoms with Crippen LogP contribution in [0, 0.1) is 6.92 Å². The van der Waals surface area contributed by atoms with E-state index in [1.54, 1.807) is 0 Å². The van der Waals surface area contributed by atoms with Gasteiger partial charge in [-0.25, -0.2) is 0 Å². The summed E-state index contributed by atoms with van der Waals surface area (Å²) in [6.07, 6.45) is 1.80. The Morgan fingerprint density at radius 2 is 2.16 bits per heavy atom. The van der Waals surface area contributed by atoms with E-state index in [2.05, 4.69) is 24.0 Å². The topological polar surface area (TPSA) is 49.6 Å². The molecule has 0 bridgehead atoms. The van der Waals surface area contributed by atoms with Crippen molar-refractivity contribution >= 4 is 11.6 Å². The fourth-order valence-electron chi connectivity index (χ4n) is 2.68. The second-order valence-electron chi connectivity index (χ2n) is 5.19. The van der Waals surface area contributed by atoms with Gasteiger partial charge in [0.2, 0.25) is 5.91 Å². The molecule has 1 heterocycles. The van der Waals surface area contributed by atoms with Crippen molar-refractivity contribution in [1.29, 1.82) is 0 Å². The maximum absolute atomic E-state index is 12.2. The highest BCUT2D eigenvalue weighted by molar-refractivity contribution is 5.87. The fraction of sp³-hybridized carbons (Fsp3) is 0.533. The van der Waals surface area contributed by atoms with Crippen LogP contribution in [0.15, 0.2) is 24.3 Å². The Bertz CT molecular complexity index is 447. The standard InChI is InChI=1S/C15H23N3O/c1-12-6-3-4-7-13(12)18(10-5-9-16)14-8-11-17(2)15(14)19/h3-4,6-7,14H,5,8-11,16H2,1-2H3. The van der Waals surface area contributed by atoms with E-state index in [4.69, 9.17) is 5.73 Å². The van der Waals surface area contributed by atoms with E-state index >= 15 is 0 Å². The summed E-state index contributed by atoms with van der Waals surface area (Å²) in [5, 5.41) is 0. The summed E-state index contributed by atoms with van der Waals surface area (Å²) in [4.78, 5) is 16.3. The van der Waals surface area contributed by atoms with Crippen molar-refractivity contribution in [3.63, 3.8) is 0 Å². The fourth-order valence-corrected chi connectivity index (χ4v) is 2.68. The summed E-state index contributed by atoms with van der Waals surface area (Å²) in [5.41, 5.74) is 8.00. The number of likely N-dealkylation sites (N-methyl/N-ethyl adjacent to an activating group) is 1. The highest BCUT2D eigenvalue weighted by Gasteiger charge is 2.34. The number of nitrogens with two attached hydrogens (primary N) is 1. The van der Waals surface area contributed by atoms with Gasteiger partial charge in [-0.2, -0.15) is 0 Å². The van der Waals surface area contributed by atoms with Crippen LogP contribution in [0.25, 0.3) is 0 Å². The highest BCUT2D eigenvalue weighted by Crippen LogP contribution is 2.26. The lowest BCUT2D eigenvalue weighted by Crippen LogP contribution is -2.42. The normalized spacial score (nSPS) is 19.0. The number of rotatable bonds is 5. The molecule has 104 valence electrons. The predicted octanol–water partition coefficient (Wildman–Crippen LogP) is 1.38. The summed E-state index contributed by atoms with van der Waals surface area (Å²) in [5.74, 6) is 0.222.